The molecule has 4 nitrogen and oxygen atoms in total. The Morgan fingerprint density at radius 3 is 2.32 bits per heavy atom. The van der Waals surface area contributed by atoms with Crippen LogP contribution in [0.4, 0.5) is 0 Å². The monoisotopic (exact) mass is 382 g/mol. The van der Waals surface area contributed by atoms with E-state index in [4.69, 9.17) is 4.74 Å². The van der Waals surface area contributed by atoms with Gasteiger partial charge in [0.15, 0.2) is 5.78 Å². The molecule has 0 saturated carbocycles. The van der Waals surface area contributed by atoms with E-state index < -0.39 is 11.9 Å². The summed E-state index contributed by atoms with van der Waals surface area (Å²) >= 11 is 0. The number of ether oxygens (including phenoxy) is 1. The van der Waals surface area contributed by atoms with Crippen molar-refractivity contribution >= 4 is 11.8 Å². The molecule has 0 aliphatic heterocycles. The number of hydrogen-bond donors (Lipinski definition) is 1. The van der Waals surface area contributed by atoms with E-state index in [9.17, 15) is 14.7 Å². The van der Waals surface area contributed by atoms with Crippen molar-refractivity contribution in [3.8, 4) is 5.75 Å². The Balaban J connectivity index is 2.59. The number of benzene rings is 2. The summed E-state index contributed by atoms with van der Waals surface area (Å²) in [5.74, 6) is -1.12. The van der Waals surface area contributed by atoms with Gasteiger partial charge in [-0.25, -0.2) is 4.79 Å². The quantitative estimate of drug-likeness (QED) is 0.326. The van der Waals surface area contributed by atoms with Crippen LogP contribution in [0.15, 0.2) is 42.5 Å². The third kappa shape index (κ3) is 5.00. The van der Waals surface area contributed by atoms with Gasteiger partial charge in [-0.1, -0.05) is 69.5 Å². The Morgan fingerprint density at radius 2 is 1.71 bits per heavy atom. The van der Waals surface area contributed by atoms with E-state index in [1.165, 1.54) is 0 Å². The maximum atomic E-state index is 13.4. The van der Waals surface area contributed by atoms with Crippen LogP contribution in [0.25, 0.3) is 0 Å². The molecular weight excluding hydrogens is 352 g/mol. The molecule has 0 bridgehead atoms. The summed E-state index contributed by atoms with van der Waals surface area (Å²) in [6, 6.07) is 12.5. The highest BCUT2D eigenvalue weighted by Gasteiger charge is 2.30. The van der Waals surface area contributed by atoms with Gasteiger partial charge in [-0.15, -0.1) is 0 Å². The number of aryl methyl sites for hydroxylation is 1. The molecule has 0 amide bonds. The Bertz CT molecular complexity index is 796. The number of ketones is 1. The van der Waals surface area contributed by atoms with Crippen LogP contribution in [0.2, 0.25) is 0 Å². The molecule has 0 aromatic heterocycles. The molecule has 0 aliphatic carbocycles. The topological polar surface area (TPSA) is 63.6 Å². The molecule has 28 heavy (non-hydrogen) atoms. The minimum Gasteiger partial charge on any atom is -0.507 e. The summed E-state index contributed by atoms with van der Waals surface area (Å²) in [5, 5.41) is 10.9. The zero-order valence-corrected chi connectivity index (χ0v) is 17.0. The van der Waals surface area contributed by atoms with Gasteiger partial charge < -0.3 is 9.84 Å². The lowest BCUT2D eigenvalue weighted by Gasteiger charge is -2.22. The number of carbonyl (C=O) groups is 2. The molecular formula is C24H30O4. The largest absolute Gasteiger partial charge is 0.507 e. The fourth-order valence-electron chi connectivity index (χ4n) is 3.49. The van der Waals surface area contributed by atoms with Gasteiger partial charge in [-0.3, -0.25) is 4.79 Å². The first-order valence-electron chi connectivity index (χ1n) is 10.2. The van der Waals surface area contributed by atoms with Crippen LogP contribution in [0.1, 0.15) is 84.2 Å². The normalized spacial score (nSPS) is 11.8. The molecule has 1 unspecified atom stereocenters. The lowest BCUT2D eigenvalue weighted by molar-refractivity contribution is 0.0524. The number of unbranched alkanes of at least 4 members (excludes halogenated alkanes) is 2. The van der Waals surface area contributed by atoms with Gasteiger partial charge in [0.25, 0.3) is 0 Å². The summed E-state index contributed by atoms with van der Waals surface area (Å²) in [5.41, 5.74) is 1.99. The van der Waals surface area contributed by atoms with Crippen LogP contribution in [-0.4, -0.2) is 23.5 Å². The van der Waals surface area contributed by atoms with Crippen molar-refractivity contribution in [2.24, 2.45) is 0 Å². The van der Waals surface area contributed by atoms with Crippen LogP contribution >= 0.6 is 0 Å². The minimum absolute atomic E-state index is 0.0406. The number of esters is 1. The Morgan fingerprint density at radius 1 is 1.00 bits per heavy atom. The summed E-state index contributed by atoms with van der Waals surface area (Å²) in [4.78, 5) is 25.9. The summed E-state index contributed by atoms with van der Waals surface area (Å²) < 4.78 is 5.20. The van der Waals surface area contributed by atoms with Gasteiger partial charge in [0.2, 0.25) is 0 Å². The van der Waals surface area contributed by atoms with E-state index in [1.807, 2.05) is 25.1 Å². The average molecular weight is 383 g/mol. The fourth-order valence-corrected chi connectivity index (χ4v) is 3.49. The second kappa shape index (κ2) is 10.6. The minimum atomic E-state index is -0.583. The van der Waals surface area contributed by atoms with Gasteiger partial charge in [0, 0.05) is 11.1 Å². The predicted octanol–water partition coefficient (Wildman–Crippen LogP) is 5.68. The zero-order chi connectivity index (χ0) is 20.5. The van der Waals surface area contributed by atoms with Crippen LogP contribution in [-0.2, 0) is 11.2 Å². The lowest BCUT2D eigenvalue weighted by Crippen LogP contribution is -2.19. The van der Waals surface area contributed by atoms with Crippen molar-refractivity contribution in [3.63, 3.8) is 0 Å². The van der Waals surface area contributed by atoms with Gasteiger partial charge in [0.1, 0.15) is 5.75 Å². The van der Waals surface area contributed by atoms with E-state index in [0.717, 1.165) is 24.8 Å². The van der Waals surface area contributed by atoms with E-state index in [1.54, 1.807) is 31.2 Å². The van der Waals surface area contributed by atoms with Crippen molar-refractivity contribution in [3.05, 3.63) is 64.7 Å². The number of Topliss-reactive ketones (excluding diaryl/α,β-unsaturated/α-hetero) is 1. The smallest absolute Gasteiger partial charge is 0.338 e. The van der Waals surface area contributed by atoms with E-state index in [-0.39, 0.29) is 23.7 Å². The van der Waals surface area contributed by atoms with Gasteiger partial charge >= 0.3 is 5.97 Å². The predicted molar refractivity (Wildman–Crippen MR) is 111 cm³/mol. The highest BCUT2D eigenvalue weighted by molar-refractivity contribution is 6.04. The Hall–Kier alpha value is -2.62. The molecule has 2 aromatic carbocycles. The van der Waals surface area contributed by atoms with Crippen LogP contribution in [0.5, 0.6) is 5.75 Å². The number of aromatic hydroxyl groups is 1. The first-order valence-corrected chi connectivity index (χ1v) is 10.2. The summed E-state index contributed by atoms with van der Waals surface area (Å²) in [6.45, 7) is 6.02. The van der Waals surface area contributed by atoms with Crippen LogP contribution < -0.4 is 0 Å². The van der Waals surface area contributed by atoms with Crippen molar-refractivity contribution in [2.75, 3.05) is 6.61 Å². The van der Waals surface area contributed by atoms with E-state index >= 15 is 0 Å². The maximum Gasteiger partial charge on any atom is 0.338 e. The van der Waals surface area contributed by atoms with Crippen molar-refractivity contribution in [1.82, 2.24) is 0 Å². The van der Waals surface area contributed by atoms with Crippen molar-refractivity contribution < 1.29 is 19.4 Å². The molecule has 0 radical (unpaired) electrons. The molecule has 2 rings (SSSR count). The van der Waals surface area contributed by atoms with E-state index in [2.05, 4.69) is 6.92 Å². The highest BCUT2D eigenvalue weighted by Crippen LogP contribution is 2.38. The molecule has 1 atom stereocenters. The van der Waals surface area contributed by atoms with Crippen molar-refractivity contribution in [2.45, 2.75) is 58.8 Å². The number of phenolic OH excluding ortho intramolecular Hbond substituents is 1. The van der Waals surface area contributed by atoms with Crippen LogP contribution in [0, 0.1) is 0 Å². The second-order valence-corrected chi connectivity index (χ2v) is 6.89. The standard InChI is InChI=1S/C24H30O4/c1-4-7-9-14-19(22(25)18-12-10-8-11-13-18)21-20(24(27)28-6-3)16-15-17(5-2)23(21)26/h8,10-13,15-16,19,26H,4-7,9,14H2,1-3H3. The zero-order valence-electron chi connectivity index (χ0n) is 17.0. The molecule has 0 fully saturated rings. The summed E-state index contributed by atoms with van der Waals surface area (Å²) in [6.07, 6.45) is 4.05. The Labute approximate surface area is 167 Å². The molecule has 1 N–H and O–H groups in total. The molecule has 0 aliphatic rings. The number of carbonyl (C=O) groups excluding carboxylic acids is 2. The molecule has 0 spiro atoms. The SMILES string of the molecule is CCCCCC(C(=O)c1ccccc1)c1c(C(=O)OCC)ccc(CC)c1O. The molecule has 0 saturated heterocycles. The molecule has 150 valence electrons. The second-order valence-electron chi connectivity index (χ2n) is 6.89. The third-order valence-electron chi connectivity index (χ3n) is 5.00. The highest BCUT2D eigenvalue weighted by atomic mass is 16.5. The Kier molecular flexibility index (Phi) is 8.24. The maximum absolute atomic E-state index is 13.4. The summed E-state index contributed by atoms with van der Waals surface area (Å²) in [7, 11) is 0. The first-order chi connectivity index (χ1) is 13.5. The average Bonchev–Trinajstić information content (AvgIpc) is 2.72. The molecule has 0 heterocycles. The number of rotatable bonds is 10. The van der Waals surface area contributed by atoms with Crippen LogP contribution in [0.3, 0.4) is 0 Å². The lowest BCUT2D eigenvalue weighted by atomic mass is 9.82. The third-order valence-corrected chi connectivity index (χ3v) is 5.00. The fraction of sp³-hybridized carbons (Fsp3) is 0.417. The van der Waals surface area contributed by atoms with Crippen molar-refractivity contribution in [1.29, 1.82) is 0 Å². The van der Waals surface area contributed by atoms with Gasteiger partial charge in [0.05, 0.1) is 18.1 Å². The number of phenols is 1. The first kappa shape index (κ1) is 21.7. The van der Waals surface area contributed by atoms with E-state index in [0.29, 0.717) is 24.0 Å². The van der Waals surface area contributed by atoms with Gasteiger partial charge in [-0.05, 0) is 31.4 Å². The molecule has 4 heteroatoms. The van der Waals surface area contributed by atoms with Gasteiger partial charge in [-0.2, -0.15) is 0 Å². The molecule has 2 aromatic rings. The number of hydrogen-bond acceptors (Lipinski definition) is 4.